The molecule has 0 aliphatic rings. The van der Waals surface area contributed by atoms with Gasteiger partial charge in [-0.05, 0) is 12.8 Å². The summed E-state index contributed by atoms with van der Waals surface area (Å²) in [5.41, 5.74) is 0. The highest BCUT2D eigenvalue weighted by Gasteiger charge is 2.24. The molecule has 0 aromatic carbocycles. The normalized spacial score (nSPS) is 13.5. The Hall–Kier alpha value is -0.500. The summed E-state index contributed by atoms with van der Waals surface area (Å²) in [6.45, 7) is 4.80. The summed E-state index contributed by atoms with van der Waals surface area (Å²) in [5.74, 6) is -0.153. The minimum absolute atomic E-state index is 0.0169. The molecular weight excluding hydrogens is 1010 g/mol. The summed E-state index contributed by atoms with van der Waals surface area (Å²) in [6, 6.07) is -0.796. The van der Waals surface area contributed by atoms with Crippen LogP contribution < -0.4 is 10.2 Å². The first kappa shape index (κ1) is 79.5. The molecule has 0 aliphatic carbocycles. The van der Waals surface area contributed by atoms with Gasteiger partial charge >= 0.3 is 0 Å². The zero-order valence-corrected chi connectivity index (χ0v) is 56.0. The van der Waals surface area contributed by atoms with Crippen LogP contribution in [-0.4, -0.2) is 68.5 Å². The first-order valence-electron chi connectivity index (χ1n) is 36.4. The van der Waals surface area contributed by atoms with E-state index < -0.39 is 20.0 Å². The lowest BCUT2D eigenvalue weighted by Crippen LogP contribution is -2.46. The Morgan fingerprint density at radius 2 is 0.613 bits per heavy atom. The number of hydrogen-bond donors (Lipinski definition) is 2. The Labute approximate surface area is 501 Å². The molecule has 9 heteroatoms. The minimum Gasteiger partial charge on any atom is -0.756 e. The van der Waals surface area contributed by atoms with Crippen molar-refractivity contribution >= 4 is 13.7 Å². The van der Waals surface area contributed by atoms with Crippen LogP contribution in [0.4, 0.5) is 0 Å². The molecule has 480 valence electrons. The highest BCUT2D eigenvalue weighted by molar-refractivity contribution is 7.45. The van der Waals surface area contributed by atoms with E-state index in [9.17, 15) is 19.4 Å². The molecule has 0 aromatic heterocycles. The smallest absolute Gasteiger partial charge is 0.268 e. The van der Waals surface area contributed by atoms with Crippen LogP contribution >= 0.6 is 7.82 Å². The van der Waals surface area contributed by atoms with Gasteiger partial charge in [0.25, 0.3) is 7.82 Å². The third-order valence-corrected chi connectivity index (χ3v) is 18.3. The molecular formula is C71H145N2O6P. The van der Waals surface area contributed by atoms with Gasteiger partial charge in [0.05, 0.1) is 39.9 Å². The number of unbranched alkanes of at least 4 members (excludes halogenated alkanes) is 56. The fourth-order valence-electron chi connectivity index (χ4n) is 11.7. The maximum absolute atomic E-state index is 13.1. The zero-order chi connectivity index (χ0) is 58.4. The molecule has 3 unspecified atom stereocenters. The van der Waals surface area contributed by atoms with Gasteiger partial charge in [0, 0.05) is 6.42 Å². The molecule has 8 nitrogen and oxygen atoms in total. The maximum Gasteiger partial charge on any atom is 0.268 e. The molecule has 0 heterocycles. The molecule has 0 saturated heterocycles. The molecule has 0 spiro atoms. The minimum atomic E-state index is -4.57. The van der Waals surface area contributed by atoms with Crippen LogP contribution in [0.3, 0.4) is 0 Å². The number of amides is 1. The zero-order valence-electron chi connectivity index (χ0n) is 55.1. The van der Waals surface area contributed by atoms with Gasteiger partial charge in [-0.25, -0.2) is 0 Å². The number of nitrogens with zero attached hydrogens (tertiary/aromatic N) is 1. The molecule has 0 radical (unpaired) electrons. The van der Waals surface area contributed by atoms with Gasteiger partial charge < -0.3 is 28.8 Å². The highest BCUT2D eigenvalue weighted by Crippen LogP contribution is 2.38. The SMILES string of the molecule is CCCCCCCCCCCCCCCCCCCCCCCCCCCCCCCCCCCCCCCCC(=O)NC(COP(=O)([O-])OCC[N+](C)(C)C)C(O)CCCCCCCCCCCCCCCCCCCCCC. The van der Waals surface area contributed by atoms with Crippen molar-refractivity contribution in [1.82, 2.24) is 5.32 Å². The lowest BCUT2D eigenvalue weighted by atomic mass is 10.0. The van der Waals surface area contributed by atoms with Crippen molar-refractivity contribution < 1.29 is 32.9 Å². The van der Waals surface area contributed by atoms with Crippen LogP contribution in [0.5, 0.6) is 0 Å². The number of nitrogens with one attached hydrogen (secondary N) is 1. The van der Waals surface area contributed by atoms with Gasteiger partial charge in [-0.2, -0.15) is 0 Å². The first-order chi connectivity index (χ1) is 39.0. The van der Waals surface area contributed by atoms with Crippen molar-refractivity contribution in [1.29, 1.82) is 0 Å². The van der Waals surface area contributed by atoms with Crippen molar-refractivity contribution in [3.8, 4) is 0 Å². The Bertz CT molecular complexity index is 1260. The monoisotopic (exact) mass is 1150 g/mol. The van der Waals surface area contributed by atoms with Gasteiger partial charge in [0.1, 0.15) is 13.2 Å². The number of phosphoric ester groups is 1. The fraction of sp³-hybridized carbons (Fsp3) is 0.986. The second kappa shape index (κ2) is 63.0. The molecule has 0 aromatic rings. The van der Waals surface area contributed by atoms with Crippen LogP contribution in [0.25, 0.3) is 0 Å². The molecule has 0 bridgehead atoms. The van der Waals surface area contributed by atoms with Crippen LogP contribution in [0.1, 0.15) is 399 Å². The Kier molecular flexibility index (Phi) is 62.6. The van der Waals surface area contributed by atoms with E-state index in [0.717, 1.165) is 38.5 Å². The summed E-state index contributed by atoms with van der Waals surface area (Å²) in [4.78, 5) is 25.7. The van der Waals surface area contributed by atoms with E-state index in [0.29, 0.717) is 23.9 Å². The summed E-state index contributed by atoms with van der Waals surface area (Å²) in [7, 11) is 1.33. The summed E-state index contributed by atoms with van der Waals surface area (Å²) >= 11 is 0. The quantitative estimate of drug-likeness (QED) is 0.0357. The average molecular weight is 1150 g/mol. The standard InChI is InChI=1S/C71H145N2O6P/c1-6-8-10-12-14-16-18-20-22-24-26-28-29-30-31-32-33-34-35-36-37-38-39-40-41-42-43-44-45-47-49-51-53-55-57-59-61-63-65-71(75)72-69(68-79-80(76,77)78-67-66-73(3,4)5)70(74)64-62-60-58-56-54-52-50-48-46-27-25-23-21-19-17-15-13-11-9-7-2/h69-70,74H,6-68H2,1-5H3,(H-,72,75,76,77). The van der Waals surface area contributed by atoms with Gasteiger partial charge in [0.2, 0.25) is 5.91 Å². The van der Waals surface area contributed by atoms with Crippen molar-refractivity contribution in [2.24, 2.45) is 0 Å². The summed E-state index contributed by atoms with van der Waals surface area (Å²) < 4.78 is 23.5. The number of carbonyl (C=O) groups excluding carboxylic acids is 1. The van der Waals surface area contributed by atoms with Crippen molar-refractivity contribution in [3.05, 3.63) is 0 Å². The number of aliphatic hydroxyl groups is 1. The lowest BCUT2D eigenvalue weighted by Gasteiger charge is -2.30. The number of rotatable bonds is 69. The van der Waals surface area contributed by atoms with Gasteiger partial charge in [-0.1, -0.05) is 380 Å². The number of hydrogen-bond acceptors (Lipinski definition) is 6. The van der Waals surface area contributed by atoms with Crippen LogP contribution in [0, 0.1) is 0 Å². The third kappa shape index (κ3) is 65.1. The lowest BCUT2D eigenvalue weighted by molar-refractivity contribution is -0.870. The number of phosphoric acid groups is 1. The number of quaternary nitrogens is 1. The Morgan fingerprint density at radius 3 is 0.850 bits per heavy atom. The summed E-state index contributed by atoms with van der Waals surface area (Å²) in [5, 5.41) is 14.1. The van der Waals surface area contributed by atoms with E-state index in [1.54, 1.807) is 0 Å². The van der Waals surface area contributed by atoms with Crippen LogP contribution in [0.15, 0.2) is 0 Å². The molecule has 2 N–H and O–H groups in total. The van der Waals surface area contributed by atoms with Gasteiger partial charge in [-0.3, -0.25) is 9.36 Å². The van der Waals surface area contributed by atoms with E-state index in [2.05, 4.69) is 19.2 Å². The average Bonchev–Trinajstić information content (AvgIpc) is 3.42. The van der Waals surface area contributed by atoms with E-state index in [-0.39, 0.29) is 19.1 Å². The first-order valence-corrected chi connectivity index (χ1v) is 37.8. The second-order valence-corrected chi connectivity index (χ2v) is 28.1. The largest absolute Gasteiger partial charge is 0.756 e. The second-order valence-electron chi connectivity index (χ2n) is 26.7. The molecule has 80 heavy (non-hydrogen) atoms. The van der Waals surface area contributed by atoms with Crippen LogP contribution in [-0.2, 0) is 18.4 Å². The van der Waals surface area contributed by atoms with E-state index in [1.807, 2.05) is 21.1 Å². The predicted molar refractivity (Wildman–Crippen MR) is 349 cm³/mol. The molecule has 0 aliphatic heterocycles. The number of aliphatic hydroxyl groups excluding tert-OH is 1. The van der Waals surface area contributed by atoms with E-state index in [4.69, 9.17) is 9.05 Å². The van der Waals surface area contributed by atoms with Crippen molar-refractivity contribution in [2.45, 2.75) is 411 Å². The Morgan fingerprint density at radius 1 is 0.388 bits per heavy atom. The van der Waals surface area contributed by atoms with Gasteiger partial charge in [-0.15, -0.1) is 0 Å². The maximum atomic E-state index is 13.1. The molecule has 3 atom stereocenters. The Balaban J connectivity index is 3.87. The molecule has 0 rings (SSSR count). The topological polar surface area (TPSA) is 108 Å². The van der Waals surface area contributed by atoms with E-state index in [1.165, 1.54) is 334 Å². The van der Waals surface area contributed by atoms with Crippen molar-refractivity contribution in [2.75, 3.05) is 40.9 Å². The van der Waals surface area contributed by atoms with Crippen molar-refractivity contribution in [3.63, 3.8) is 0 Å². The van der Waals surface area contributed by atoms with E-state index >= 15 is 0 Å². The fourth-order valence-corrected chi connectivity index (χ4v) is 12.4. The van der Waals surface area contributed by atoms with Crippen LogP contribution in [0.2, 0.25) is 0 Å². The van der Waals surface area contributed by atoms with Gasteiger partial charge in [0.15, 0.2) is 0 Å². The number of carbonyl (C=O) groups is 1. The third-order valence-electron chi connectivity index (χ3n) is 17.3. The predicted octanol–water partition coefficient (Wildman–Crippen LogP) is 22.5. The molecule has 1 amide bonds. The summed E-state index contributed by atoms with van der Waals surface area (Å²) in [6.07, 6.45) is 79.2. The highest BCUT2D eigenvalue weighted by atomic mass is 31.2. The molecule has 0 fully saturated rings. The number of likely N-dealkylation sites (N-methyl/N-ethyl adjacent to an activating group) is 1. The molecule has 0 saturated carbocycles.